The van der Waals surface area contributed by atoms with Crippen LogP contribution in [0.1, 0.15) is 5.56 Å². The number of anilines is 2. The third-order valence-corrected chi connectivity index (χ3v) is 8.00. The molecular weight excluding hydrogens is 491 g/mol. The van der Waals surface area contributed by atoms with Gasteiger partial charge in [0.2, 0.25) is 0 Å². The van der Waals surface area contributed by atoms with E-state index >= 15 is 0 Å². The molecule has 0 aliphatic heterocycles. The van der Waals surface area contributed by atoms with Crippen LogP contribution in [-0.4, -0.2) is 16.8 Å². The fourth-order valence-electron chi connectivity index (χ4n) is 2.53. The number of sulfonamides is 2. The fourth-order valence-corrected chi connectivity index (χ4v) is 5.66. The zero-order valence-electron chi connectivity index (χ0n) is 15.4. The van der Waals surface area contributed by atoms with E-state index in [-0.39, 0.29) is 20.5 Å². The Labute approximate surface area is 189 Å². The monoisotopic (exact) mass is 504 g/mol. The number of benzene rings is 3. The molecule has 0 atom stereocenters. The number of rotatable bonds is 6. The number of nitrogens with one attached hydrogen (secondary N) is 2. The summed E-state index contributed by atoms with van der Waals surface area (Å²) in [7, 11) is -7.89. The summed E-state index contributed by atoms with van der Waals surface area (Å²) in [5.41, 5.74) is 1.11. The molecule has 0 saturated heterocycles. The first kappa shape index (κ1) is 22.7. The van der Waals surface area contributed by atoms with Gasteiger partial charge in [-0.15, -0.1) is 0 Å². The minimum absolute atomic E-state index is 0.0321. The van der Waals surface area contributed by atoms with E-state index < -0.39 is 20.0 Å². The Balaban J connectivity index is 1.83. The summed E-state index contributed by atoms with van der Waals surface area (Å²) >= 11 is 17.8. The Morgan fingerprint density at radius 3 is 2.03 bits per heavy atom. The molecule has 0 unspecified atom stereocenters. The summed E-state index contributed by atoms with van der Waals surface area (Å²) < 4.78 is 55.2. The SMILES string of the molecule is Cc1c(Cl)cccc1NS(=O)(=O)c1ccc(NS(=O)(=O)c2ccc(Cl)cc2Cl)cc1. The van der Waals surface area contributed by atoms with Gasteiger partial charge in [0.05, 0.1) is 15.6 Å². The fraction of sp³-hybridized carbons (Fsp3) is 0.0526. The van der Waals surface area contributed by atoms with Crippen molar-refractivity contribution in [1.29, 1.82) is 0 Å². The lowest BCUT2D eigenvalue weighted by Crippen LogP contribution is -2.15. The third kappa shape index (κ3) is 5.01. The normalized spacial score (nSPS) is 11.9. The van der Waals surface area contributed by atoms with Crippen LogP contribution in [0, 0.1) is 6.92 Å². The molecule has 0 aromatic heterocycles. The molecule has 0 aliphatic rings. The predicted molar refractivity (Wildman–Crippen MR) is 121 cm³/mol. The highest BCUT2D eigenvalue weighted by Crippen LogP contribution is 2.28. The van der Waals surface area contributed by atoms with E-state index in [2.05, 4.69) is 9.44 Å². The standard InChI is InChI=1S/C19H15Cl3N2O4S2/c1-12-16(21)3-2-4-18(12)24-29(25,26)15-8-6-14(7-9-15)23-30(27,28)19-10-5-13(20)11-17(19)22/h2-11,23-24H,1H3. The smallest absolute Gasteiger partial charge is 0.263 e. The van der Waals surface area contributed by atoms with Gasteiger partial charge in [-0.1, -0.05) is 40.9 Å². The Morgan fingerprint density at radius 1 is 0.733 bits per heavy atom. The molecule has 0 amide bonds. The molecule has 2 N–H and O–H groups in total. The van der Waals surface area contributed by atoms with Gasteiger partial charge >= 0.3 is 0 Å². The van der Waals surface area contributed by atoms with Gasteiger partial charge in [0.25, 0.3) is 20.0 Å². The zero-order chi connectivity index (χ0) is 22.1. The lowest BCUT2D eigenvalue weighted by molar-refractivity contribution is 0.600. The van der Waals surface area contributed by atoms with Crippen molar-refractivity contribution in [3.63, 3.8) is 0 Å². The summed E-state index contributed by atoms with van der Waals surface area (Å²) in [6.07, 6.45) is 0. The minimum atomic E-state index is -3.99. The van der Waals surface area contributed by atoms with Gasteiger partial charge in [0.15, 0.2) is 0 Å². The molecule has 0 fully saturated rings. The molecule has 3 aromatic carbocycles. The molecule has 11 heteroatoms. The second kappa shape index (κ2) is 8.64. The first-order valence-electron chi connectivity index (χ1n) is 8.35. The van der Waals surface area contributed by atoms with E-state index in [4.69, 9.17) is 34.8 Å². The van der Waals surface area contributed by atoms with Crippen LogP contribution in [0.3, 0.4) is 0 Å². The van der Waals surface area contributed by atoms with Crippen LogP contribution < -0.4 is 9.44 Å². The van der Waals surface area contributed by atoms with Crippen molar-refractivity contribution >= 4 is 66.2 Å². The van der Waals surface area contributed by atoms with Gasteiger partial charge in [0.1, 0.15) is 4.90 Å². The molecule has 0 bridgehead atoms. The van der Waals surface area contributed by atoms with Gasteiger partial charge < -0.3 is 0 Å². The largest absolute Gasteiger partial charge is 0.280 e. The van der Waals surface area contributed by atoms with Gasteiger partial charge in [-0.25, -0.2) is 16.8 Å². The van der Waals surface area contributed by atoms with E-state index in [1.165, 1.54) is 42.5 Å². The Hall–Kier alpha value is -1.97. The van der Waals surface area contributed by atoms with Crippen molar-refractivity contribution in [2.45, 2.75) is 16.7 Å². The van der Waals surface area contributed by atoms with Crippen LogP contribution >= 0.6 is 34.8 Å². The Bertz CT molecular complexity index is 1310. The van der Waals surface area contributed by atoms with Crippen LogP contribution in [0.4, 0.5) is 11.4 Å². The maximum atomic E-state index is 12.6. The molecule has 0 heterocycles. The van der Waals surface area contributed by atoms with Crippen LogP contribution in [0.2, 0.25) is 15.1 Å². The molecule has 0 saturated carbocycles. The second-order valence-electron chi connectivity index (χ2n) is 6.22. The quantitative estimate of drug-likeness (QED) is 0.459. The summed E-state index contributed by atoms with van der Waals surface area (Å²) in [5.74, 6) is 0. The van der Waals surface area contributed by atoms with Crippen molar-refractivity contribution in [2.75, 3.05) is 9.44 Å². The van der Waals surface area contributed by atoms with E-state index in [1.807, 2.05) is 0 Å². The lowest BCUT2D eigenvalue weighted by Gasteiger charge is -2.13. The second-order valence-corrected chi connectivity index (χ2v) is 10.8. The molecule has 0 spiro atoms. The molecule has 3 aromatic rings. The zero-order valence-corrected chi connectivity index (χ0v) is 19.3. The highest BCUT2D eigenvalue weighted by Gasteiger charge is 2.20. The maximum Gasteiger partial charge on any atom is 0.263 e. The van der Waals surface area contributed by atoms with E-state index in [9.17, 15) is 16.8 Å². The van der Waals surface area contributed by atoms with Crippen LogP contribution in [0.15, 0.2) is 70.5 Å². The number of hydrogen-bond donors (Lipinski definition) is 2. The lowest BCUT2D eigenvalue weighted by atomic mass is 10.2. The van der Waals surface area contributed by atoms with Gasteiger partial charge in [-0.3, -0.25) is 9.44 Å². The van der Waals surface area contributed by atoms with Crippen molar-refractivity contribution in [3.8, 4) is 0 Å². The molecule has 6 nitrogen and oxygen atoms in total. The topological polar surface area (TPSA) is 92.3 Å². The van der Waals surface area contributed by atoms with Crippen LogP contribution in [-0.2, 0) is 20.0 Å². The van der Waals surface area contributed by atoms with Gasteiger partial charge in [-0.2, -0.15) is 0 Å². The number of hydrogen-bond acceptors (Lipinski definition) is 4. The van der Waals surface area contributed by atoms with E-state index in [0.29, 0.717) is 21.3 Å². The molecule has 0 aliphatic carbocycles. The van der Waals surface area contributed by atoms with Crippen LogP contribution in [0.25, 0.3) is 0 Å². The van der Waals surface area contributed by atoms with Crippen molar-refractivity contribution in [2.24, 2.45) is 0 Å². The molecule has 30 heavy (non-hydrogen) atoms. The van der Waals surface area contributed by atoms with E-state index in [1.54, 1.807) is 25.1 Å². The van der Waals surface area contributed by atoms with E-state index in [0.717, 1.165) is 0 Å². The first-order valence-corrected chi connectivity index (χ1v) is 12.5. The highest BCUT2D eigenvalue weighted by atomic mass is 35.5. The number of halogens is 3. The van der Waals surface area contributed by atoms with Crippen molar-refractivity contribution in [1.82, 2.24) is 0 Å². The summed E-state index contributed by atoms with van der Waals surface area (Å²) in [6, 6.07) is 14.1. The first-order chi connectivity index (χ1) is 14.0. The summed E-state index contributed by atoms with van der Waals surface area (Å²) in [4.78, 5) is -0.197. The molecular formula is C19H15Cl3N2O4S2. The highest BCUT2D eigenvalue weighted by molar-refractivity contribution is 7.93. The summed E-state index contributed by atoms with van der Waals surface area (Å²) in [6.45, 7) is 1.69. The Morgan fingerprint density at radius 2 is 1.40 bits per heavy atom. The van der Waals surface area contributed by atoms with Crippen molar-refractivity contribution < 1.29 is 16.8 Å². The predicted octanol–water partition coefficient (Wildman–Crippen LogP) is 5.56. The third-order valence-electron chi connectivity index (χ3n) is 4.11. The average molecular weight is 506 g/mol. The summed E-state index contributed by atoms with van der Waals surface area (Å²) in [5, 5.41) is 0.701. The van der Waals surface area contributed by atoms with Gasteiger partial charge in [-0.05, 0) is 67.1 Å². The molecule has 158 valence electrons. The Kier molecular flexibility index (Phi) is 6.54. The maximum absolute atomic E-state index is 12.6. The average Bonchev–Trinajstić information content (AvgIpc) is 2.65. The van der Waals surface area contributed by atoms with Gasteiger partial charge in [0, 0.05) is 15.7 Å². The van der Waals surface area contributed by atoms with Crippen molar-refractivity contribution in [3.05, 3.63) is 81.3 Å². The molecule has 3 rings (SSSR count). The van der Waals surface area contributed by atoms with Crippen LogP contribution in [0.5, 0.6) is 0 Å². The molecule has 0 radical (unpaired) electrons. The minimum Gasteiger partial charge on any atom is -0.280 e.